The molecule has 0 saturated carbocycles. The van der Waals surface area contributed by atoms with E-state index in [9.17, 15) is 0 Å². The monoisotopic (exact) mass is 341 g/mol. The summed E-state index contributed by atoms with van der Waals surface area (Å²) in [5.41, 5.74) is 0.894. The molecule has 2 aromatic rings. The zero-order chi connectivity index (χ0) is 13.4. The molecule has 4 nitrogen and oxygen atoms in total. The van der Waals surface area contributed by atoms with Gasteiger partial charge < -0.3 is 9.84 Å². The fourth-order valence-electron chi connectivity index (χ4n) is 2.04. The summed E-state index contributed by atoms with van der Waals surface area (Å²) in [6.45, 7) is 4.16. The SMILES string of the molecule is CC(c1nc(-c2ccc(Cl)c(Br)c2)no1)C1CNC1. The fraction of sp³-hybridized carbons (Fsp3) is 0.385. The number of aromatic nitrogens is 2. The molecule has 1 aromatic heterocycles. The smallest absolute Gasteiger partial charge is 0.230 e. The highest BCUT2D eigenvalue weighted by Crippen LogP contribution is 2.30. The van der Waals surface area contributed by atoms with Crippen molar-refractivity contribution < 1.29 is 4.52 Å². The van der Waals surface area contributed by atoms with Gasteiger partial charge in [0.1, 0.15) is 0 Å². The minimum atomic E-state index is 0.290. The molecular formula is C13H13BrClN3O. The molecule has 1 unspecified atom stereocenters. The van der Waals surface area contributed by atoms with E-state index >= 15 is 0 Å². The molecule has 1 aliphatic heterocycles. The molecule has 2 heterocycles. The summed E-state index contributed by atoms with van der Waals surface area (Å²) in [6.07, 6.45) is 0. The summed E-state index contributed by atoms with van der Waals surface area (Å²) in [7, 11) is 0. The highest BCUT2D eigenvalue weighted by atomic mass is 79.9. The predicted octanol–water partition coefficient (Wildman–Crippen LogP) is 3.48. The van der Waals surface area contributed by atoms with Crippen molar-refractivity contribution in [3.63, 3.8) is 0 Å². The molecule has 1 fully saturated rings. The molecule has 0 spiro atoms. The van der Waals surface area contributed by atoms with Crippen molar-refractivity contribution in [2.75, 3.05) is 13.1 Å². The first-order valence-corrected chi connectivity index (χ1v) is 7.32. The summed E-state index contributed by atoms with van der Waals surface area (Å²) in [5, 5.41) is 7.97. The Morgan fingerprint density at radius 2 is 2.26 bits per heavy atom. The van der Waals surface area contributed by atoms with Crippen LogP contribution in [0.3, 0.4) is 0 Å². The Bertz CT molecular complexity index is 597. The molecule has 19 heavy (non-hydrogen) atoms. The van der Waals surface area contributed by atoms with Crippen LogP contribution in [0.4, 0.5) is 0 Å². The largest absolute Gasteiger partial charge is 0.339 e. The van der Waals surface area contributed by atoms with Gasteiger partial charge in [-0.25, -0.2) is 0 Å². The van der Waals surface area contributed by atoms with Crippen molar-refractivity contribution in [3.8, 4) is 11.4 Å². The Morgan fingerprint density at radius 1 is 1.47 bits per heavy atom. The van der Waals surface area contributed by atoms with E-state index < -0.39 is 0 Å². The number of hydrogen-bond acceptors (Lipinski definition) is 4. The molecule has 100 valence electrons. The third-order valence-corrected chi connectivity index (χ3v) is 4.74. The Hall–Kier alpha value is -0.910. The van der Waals surface area contributed by atoms with Gasteiger partial charge in [-0.15, -0.1) is 0 Å². The van der Waals surface area contributed by atoms with Crippen LogP contribution in [0.1, 0.15) is 18.7 Å². The summed E-state index contributed by atoms with van der Waals surface area (Å²) >= 11 is 9.37. The van der Waals surface area contributed by atoms with Gasteiger partial charge in [0.05, 0.1) is 5.02 Å². The Labute approximate surface area is 124 Å². The second-order valence-corrected chi connectivity index (χ2v) is 6.05. The molecular weight excluding hydrogens is 330 g/mol. The molecule has 1 atom stereocenters. The maximum absolute atomic E-state index is 5.97. The van der Waals surface area contributed by atoms with E-state index in [0.717, 1.165) is 23.1 Å². The van der Waals surface area contributed by atoms with Gasteiger partial charge in [-0.3, -0.25) is 0 Å². The normalized spacial score (nSPS) is 17.2. The minimum absolute atomic E-state index is 0.290. The first kappa shape index (κ1) is 13.1. The van der Waals surface area contributed by atoms with Crippen molar-refractivity contribution in [1.29, 1.82) is 0 Å². The highest BCUT2D eigenvalue weighted by Gasteiger charge is 2.28. The number of benzene rings is 1. The van der Waals surface area contributed by atoms with E-state index in [2.05, 4.69) is 38.3 Å². The lowest BCUT2D eigenvalue weighted by Gasteiger charge is -2.30. The van der Waals surface area contributed by atoms with E-state index in [4.69, 9.17) is 16.1 Å². The van der Waals surface area contributed by atoms with Crippen LogP contribution in [0.25, 0.3) is 11.4 Å². The van der Waals surface area contributed by atoms with Gasteiger partial charge in [-0.05, 0) is 53.1 Å². The minimum Gasteiger partial charge on any atom is -0.339 e. The van der Waals surface area contributed by atoms with Crippen LogP contribution < -0.4 is 5.32 Å². The van der Waals surface area contributed by atoms with E-state index in [1.54, 1.807) is 0 Å². The number of nitrogens with zero attached hydrogens (tertiary/aromatic N) is 2. The number of nitrogens with one attached hydrogen (secondary N) is 1. The zero-order valence-electron chi connectivity index (χ0n) is 10.4. The van der Waals surface area contributed by atoms with Gasteiger partial charge in [0.2, 0.25) is 11.7 Å². The molecule has 6 heteroatoms. The Kier molecular flexibility index (Phi) is 3.60. The maximum atomic E-state index is 5.97. The number of hydrogen-bond donors (Lipinski definition) is 1. The summed E-state index contributed by atoms with van der Waals surface area (Å²) in [6, 6.07) is 5.60. The molecule has 1 N–H and O–H groups in total. The number of rotatable bonds is 3. The van der Waals surface area contributed by atoms with Crippen molar-refractivity contribution in [3.05, 3.63) is 33.6 Å². The molecule has 3 rings (SSSR count). The lowest BCUT2D eigenvalue weighted by Crippen LogP contribution is -2.44. The molecule has 1 aromatic carbocycles. The first-order chi connectivity index (χ1) is 9.15. The molecule has 0 amide bonds. The third-order valence-electron chi connectivity index (χ3n) is 3.53. The maximum Gasteiger partial charge on any atom is 0.230 e. The van der Waals surface area contributed by atoms with Crippen LogP contribution >= 0.6 is 27.5 Å². The zero-order valence-corrected chi connectivity index (χ0v) is 12.7. The van der Waals surface area contributed by atoms with Crippen molar-refractivity contribution >= 4 is 27.5 Å². The quantitative estimate of drug-likeness (QED) is 0.928. The predicted molar refractivity (Wildman–Crippen MR) is 77.2 cm³/mol. The average Bonchev–Trinajstić information content (AvgIpc) is 2.80. The van der Waals surface area contributed by atoms with Crippen LogP contribution in [0.15, 0.2) is 27.2 Å². The standard InChI is InChI=1S/C13H13BrClN3O/c1-7(9-5-16-6-9)13-17-12(18-19-13)8-2-3-11(15)10(14)4-8/h2-4,7,9,16H,5-6H2,1H3. The topological polar surface area (TPSA) is 51.0 Å². The fourth-order valence-corrected chi connectivity index (χ4v) is 2.54. The lowest BCUT2D eigenvalue weighted by atomic mass is 9.89. The van der Waals surface area contributed by atoms with E-state index in [1.807, 2.05) is 18.2 Å². The Morgan fingerprint density at radius 3 is 2.89 bits per heavy atom. The summed E-state index contributed by atoms with van der Waals surface area (Å²) < 4.78 is 6.20. The van der Waals surface area contributed by atoms with Gasteiger partial charge >= 0.3 is 0 Å². The lowest BCUT2D eigenvalue weighted by molar-refractivity contribution is 0.252. The Balaban J connectivity index is 1.85. The van der Waals surface area contributed by atoms with E-state index in [1.165, 1.54) is 0 Å². The van der Waals surface area contributed by atoms with Crippen molar-refractivity contribution in [2.24, 2.45) is 5.92 Å². The van der Waals surface area contributed by atoms with E-state index in [-0.39, 0.29) is 0 Å². The average molecular weight is 343 g/mol. The van der Waals surface area contributed by atoms with Crippen molar-refractivity contribution in [1.82, 2.24) is 15.5 Å². The van der Waals surface area contributed by atoms with Crippen molar-refractivity contribution in [2.45, 2.75) is 12.8 Å². The van der Waals surface area contributed by atoms with Gasteiger partial charge in [0.25, 0.3) is 0 Å². The molecule has 0 radical (unpaired) electrons. The van der Waals surface area contributed by atoms with Crippen LogP contribution in [0, 0.1) is 5.92 Å². The molecule has 1 aliphatic rings. The summed E-state index contributed by atoms with van der Waals surface area (Å²) in [5.74, 6) is 2.18. The highest BCUT2D eigenvalue weighted by molar-refractivity contribution is 9.10. The van der Waals surface area contributed by atoms with Crippen LogP contribution in [-0.2, 0) is 0 Å². The number of halogens is 2. The van der Waals surface area contributed by atoms with E-state index in [0.29, 0.717) is 28.6 Å². The summed E-state index contributed by atoms with van der Waals surface area (Å²) in [4.78, 5) is 4.48. The van der Waals surface area contributed by atoms with Gasteiger partial charge in [-0.2, -0.15) is 4.98 Å². The molecule has 0 bridgehead atoms. The molecule has 0 aliphatic carbocycles. The second kappa shape index (κ2) is 5.23. The van der Waals surface area contributed by atoms with Gasteiger partial charge in [0, 0.05) is 16.0 Å². The first-order valence-electron chi connectivity index (χ1n) is 6.15. The molecule has 1 saturated heterocycles. The second-order valence-electron chi connectivity index (χ2n) is 4.79. The van der Waals surface area contributed by atoms with Crippen LogP contribution in [0.2, 0.25) is 5.02 Å². The van der Waals surface area contributed by atoms with Gasteiger partial charge in [-0.1, -0.05) is 23.7 Å². The van der Waals surface area contributed by atoms with Crippen LogP contribution in [0.5, 0.6) is 0 Å². The third kappa shape index (κ3) is 2.55. The van der Waals surface area contributed by atoms with Gasteiger partial charge in [0.15, 0.2) is 0 Å². The van der Waals surface area contributed by atoms with Crippen LogP contribution in [-0.4, -0.2) is 23.2 Å².